The summed E-state index contributed by atoms with van der Waals surface area (Å²) in [5, 5.41) is 15.6. The van der Waals surface area contributed by atoms with Crippen LogP contribution in [0.1, 0.15) is 22.3 Å². The Kier molecular flexibility index (Phi) is 8.51. The maximum atomic E-state index is 11.4. The molecule has 36 heavy (non-hydrogen) atoms. The summed E-state index contributed by atoms with van der Waals surface area (Å²) in [7, 11) is 1.64. The van der Waals surface area contributed by atoms with Crippen LogP contribution in [0, 0.1) is 20.8 Å². The molecule has 0 aliphatic carbocycles. The van der Waals surface area contributed by atoms with Gasteiger partial charge in [0.2, 0.25) is 0 Å². The van der Waals surface area contributed by atoms with E-state index in [2.05, 4.69) is 29.9 Å². The van der Waals surface area contributed by atoms with Crippen LogP contribution in [-0.4, -0.2) is 72.0 Å². The first-order valence-corrected chi connectivity index (χ1v) is 12.4. The van der Waals surface area contributed by atoms with Crippen molar-refractivity contribution in [3.05, 3.63) is 71.0 Å². The fraction of sp³-hybridized carbons (Fsp3) is 0.464. The largest absolute Gasteiger partial charge is 0.493 e. The molecule has 1 fully saturated rings. The first kappa shape index (κ1) is 26.0. The second kappa shape index (κ2) is 11.8. The van der Waals surface area contributed by atoms with Crippen LogP contribution in [0.25, 0.3) is 0 Å². The van der Waals surface area contributed by atoms with Crippen LogP contribution in [-0.2, 0) is 17.8 Å². The van der Waals surface area contributed by atoms with Gasteiger partial charge in [-0.3, -0.25) is 9.58 Å². The van der Waals surface area contributed by atoms with Crippen molar-refractivity contribution in [3.8, 4) is 17.2 Å². The fourth-order valence-electron chi connectivity index (χ4n) is 4.45. The van der Waals surface area contributed by atoms with E-state index < -0.39 is 5.60 Å². The number of aryl methyl sites for hydroxylation is 2. The topological polar surface area (TPSA) is 78.2 Å². The first-order valence-electron chi connectivity index (χ1n) is 12.4. The highest BCUT2D eigenvalue weighted by molar-refractivity contribution is 5.43. The van der Waals surface area contributed by atoms with Gasteiger partial charge in [-0.1, -0.05) is 12.1 Å². The van der Waals surface area contributed by atoms with E-state index >= 15 is 0 Å². The van der Waals surface area contributed by atoms with Crippen molar-refractivity contribution in [2.75, 3.05) is 46.6 Å². The van der Waals surface area contributed by atoms with Gasteiger partial charge < -0.3 is 24.1 Å². The van der Waals surface area contributed by atoms with E-state index in [-0.39, 0.29) is 13.2 Å². The maximum absolute atomic E-state index is 11.4. The Hall–Kier alpha value is -3.07. The molecule has 3 aromatic rings. The summed E-state index contributed by atoms with van der Waals surface area (Å²) in [4.78, 5) is 2.19. The molecule has 1 saturated heterocycles. The summed E-state index contributed by atoms with van der Waals surface area (Å²) in [6.45, 7) is 10.1. The number of nitrogens with zero attached hydrogens (tertiary/aromatic N) is 3. The average Bonchev–Trinajstić information content (AvgIpc) is 3.30. The van der Waals surface area contributed by atoms with Gasteiger partial charge in [0.15, 0.2) is 11.5 Å². The normalized spacial score (nSPS) is 18.6. The van der Waals surface area contributed by atoms with Gasteiger partial charge in [-0.25, -0.2) is 0 Å². The van der Waals surface area contributed by atoms with E-state index in [1.54, 1.807) is 13.3 Å². The summed E-state index contributed by atoms with van der Waals surface area (Å²) >= 11 is 0. The van der Waals surface area contributed by atoms with Crippen molar-refractivity contribution in [3.63, 3.8) is 0 Å². The predicted molar refractivity (Wildman–Crippen MR) is 138 cm³/mol. The van der Waals surface area contributed by atoms with Crippen LogP contribution in [0.15, 0.2) is 48.8 Å². The standard InChI is InChI=1S/C28H37N3O5/c1-21-14-22(2)23(3)26(15-21)36-20-28(32)18-30(10-12-34-19-28)17-24-6-7-25(27(16-24)33-4)35-13-11-31-9-5-8-29-31/h5-9,14-16,32H,10-13,17-20H2,1-4H3/t28-/m0/s1. The van der Waals surface area contributed by atoms with E-state index in [1.165, 1.54) is 5.56 Å². The van der Waals surface area contributed by atoms with Crippen LogP contribution < -0.4 is 14.2 Å². The zero-order chi connectivity index (χ0) is 25.5. The number of β-amino-alcohol motifs (C(OH)–C–C–N with tert-alkyl or cyclic N) is 1. The third-order valence-corrected chi connectivity index (χ3v) is 6.47. The van der Waals surface area contributed by atoms with Crippen LogP contribution >= 0.6 is 0 Å². The van der Waals surface area contributed by atoms with E-state index in [4.69, 9.17) is 18.9 Å². The molecule has 194 valence electrons. The Morgan fingerprint density at radius 1 is 1.08 bits per heavy atom. The first-order chi connectivity index (χ1) is 17.3. The lowest BCUT2D eigenvalue weighted by molar-refractivity contribution is -0.0648. The summed E-state index contributed by atoms with van der Waals surface area (Å²) in [6.07, 6.45) is 3.66. The second-order valence-electron chi connectivity index (χ2n) is 9.58. The van der Waals surface area contributed by atoms with Gasteiger partial charge in [0, 0.05) is 32.0 Å². The minimum absolute atomic E-state index is 0.166. The summed E-state index contributed by atoms with van der Waals surface area (Å²) in [5.74, 6) is 2.19. The lowest BCUT2D eigenvalue weighted by Gasteiger charge is -2.31. The zero-order valence-corrected chi connectivity index (χ0v) is 21.7. The Morgan fingerprint density at radius 3 is 2.72 bits per heavy atom. The van der Waals surface area contributed by atoms with E-state index in [1.807, 2.05) is 48.1 Å². The minimum Gasteiger partial charge on any atom is -0.493 e. The minimum atomic E-state index is -1.11. The molecule has 0 saturated carbocycles. The van der Waals surface area contributed by atoms with Crippen molar-refractivity contribution < 1.29 is 24.1 Å². The molecule has 2 heterocycles. The molecule has 0 amide bonds. The highest BCUT2D eigenvalue weighted by Crippen LogP contribution is 2.29. The SMILES string of the molecule is COc1cc(CN2CCOC[C@](O)(COc3cc(C)cc(C)c3C)C2)ccc1OCCn1cccn1. The molecule has 1 atom stereocenters. The monoisotopic (exact) mass is 495 g/mol. The molecule has 0 radical (unpaired) electrons. The molecule has 1 aliphatic heterocycles. The van der Waals surface area contributed by atoms with Crippen LogP contribution in [0.3, 0.4) is 0 Å². The molecule has 8 heteroatoms. The van der Waals surface area contributed by atoms with Crippen molar-refractivity contribution in [1.82, 2.24) is 14.7 Å². The van der Waals surface area contributed by atoms with E-state index in [9.17, 15) is 5.11 Å². The number of aromatic nitrogens is 2. The molecule has 1 N–H and O–H groups in total. The van der Waals surface area contributed by atoms with Crippen molar-refractivity contribution >= 4 is 0 Å². The second-order valence-corrected chi connectivity index (χ2v) is 9.58. The van der Waals surface area contributed by atoms with E-state index in [0.717, 1.165) is 29.0 Å². The molecular weight excluding hydrogens is 458 g/mol. The average molecular weight is 496 g/mol. The van der Waals surface area contributed by atoms with E-state index in [0.29, 0.717) is 44.3 Å². The number of rotatable bonds is 10. The van der Waals surface area contributed by atoms with Crippen molar-refractivity contribution in [1.29, 1.82) is 0 Å². The van der Waals surface area contributed by atoms with Crippen LogP contribution in [0.4, 0.5) is 0 Å². The number of hydrogen-bond donors (Lipinski definition) is 1. The maximum Gasteiger partial charge on any atom is 0.161 e. The molecule has 0 unspecified atom stereocenters. The number of ether oxygens (including phenoxy) is 4. The van der Waals surface area contributed by atoms with Crippen molar-refractivity contribution in [2.24, 2.45) is 0 Å². The number of hydrogen-bond acceptors (Lipinski definition) is 7. The Morgan fingerprint density at radius 2 is 1.94 bits per heavy atom. The lowest BCUT2D eigenvalue weighted by atomic mass is 10.0. The van der Waals surface area contributed by atoms with Gasteiger partial charge in [-0.05, 0) is 67.3 Å². The molecule has 8 nitrogen and oxygen atoms in total. The Bertz CT molecular complexity index is 1130. The molecule has 2 aromatic carbocycles. The lowest BCUT2D eigenvalue weighted by Crippen LogP contribution is -2.48. The molecule has 1 aliphatic rings. The molecule has 0 spiro atoms. The molecule has 0 bridgehead atoms. The number of methoxy groups -OCH3 is 1. The van der Waals surface area contributed by atoms with Gasteiger partial charge in [0.25, 0.3) is 0 Å². The zero-order valence-electron chi connectivity index (χ0n) is 21.7. The Balaban J connectivity index is 1.37. The summed E-state index contributed by atoms with van der Waals surface area (Å²) in [6, 6.07) is 12.0. The number of benzene rings is 2. The van der Waals surface area contributed by atoms with Gasteiger partial charge in [0.1, 0.15) is 24.6 Å². The van der Waals surface area contributed by atoms with Crippen LogP contribution in [0.5, 0.6) is 17.2 Å². The van der Waals surface area contributed by atoms with Gasteiger partial charge in [-0.2, -0.15) is 5.10 Å². The highest BCUT2D eigenvalue weighted by Gasteiger charge is 2.34. The number of aliphatic hydroxyl groups is 1. The van der Waals surface area contributed by atoms with Gasteiger partial charge in [0.05, 0.1) is 26.9 Å². The molecular formula is C28H37N3O5. The smallest absolute Gasteiger partial charge is 0.161 e. The van der Waals surface area contributed by atoms with Crippen molar-refractivity contribution in [2.45, 2.75) is 39.5 Å². The quantitative estimate of drug-likeness (QED) is 0.461. The highest BCUT2D eigenvalue weighted by atomic mass is 16.5. The predicted octanol–water partition coefficient (Wildman–Crippen LogP) is 3.54. The molecule has 4 rings (SSSR count). The molecule has 1 aromatic heterocycles. The third kappa shape index (κ3) is 6.78. The third-order valence-electron chi connectivity index (χ3n) is 6.47. The summed E-state index contributed by atoms with van der Waals surface area (Å²) < 4.78 is 25.2. The van der Waals surface area contributed by atoms with Crippen LogP contribution in [0.2, 0.25) is 0 Å². The van der Waals surface area contributed by atoms with Gasteiger partial charge in [-0.15, -0.1) is 0 Å². The Labute approximate surface area is 213 Å². The summed E-state index contributed by atoms with van der Waals surface area (Å²) in [5.41, 5.74) is 3.37. The fourth-order valence-corrected chi connectivity index (χ4v) is 4.45. The van der Waals surface area contributed by atoms with Gasteiger partial charge >= 0.3 is 0 Å².